The summed E-state index contributed by atoms with van der Waals surface area (Å²) in [6, 6.07) is 8.49. The molecule has 3 aromatic rings. The van der Waals surface area contributed by atoms with Crippen molar-refractivity contribution in [1.82, 2.24) is 19.5 Å². The van der Waals surface area contributed by atoms with Crippen LogP contribution < -0.4 is 10.1 Å². The highest BCUT2D eigenvalue weighted by molar-refractivity contribution is 5.41. The van der Waals surface area contributed by atoms with Crippen LogP contribution in [-0.4, -0.2) is 25.6 Å². The number of nitrogens with zero attached hydrogens (tertiary/aromatic N) is 4. The van der Waals surface area contributed by atoms with Gasteiger partial charge in [0, 0.05) is 24.1 Å². The van der Waals surface area contributed by atoms with Crippen LogP contribution in [0.1, 0.15) is 38.2 Å². The Hall–Kier alpha value is -2.89. The number of hydrogen-bond acceptors (Lipinski definition) is 5. The van der Waals surface area contributed by atoms with Crippen LogP contribution in [0.15, 0.2) is 49.1 Å². The maximum absolute atomic E-state index is 5.59. The Morgan fingerprint density at radius 1 is 1.08 bits per heavy atom. The van der Waals surface area contributed by atoms with Gasteiger partial charge in [-0.15, -0.1) is 0 Å². The zero-order chi connectivity index (χ0) is 17.8. The molecule has 1 aromatic carbocycles. The predicted molar refractivity (Wildman–Crippen MR) is 98.1 cm³/mol. The molecule has 1 atom stereocenters. The molecule has 0 aliphatic heterocycles. The molecule has 0 aliphatic carbocycles. The maximum Gasteiger partial charge on any atom is 0.234 e. The second kappa shape index (κ2) is 7.34. The molecule has 0 amide bonds. The molecule has 130 valence electrons. The summed E-state index contributed by atoms with van der Waals surface area (Å²) in [5.74, 6) is 2.19. The van der Waals surface area contributed by atoms with Crippen LogP contribution in [0.5, 0.6) is 5.88 Å². The van der Waals surface area contributed by atoms with Crippen molar-refractivity contribution in [2.75, 3.05) is 5.32 Å². The van der Waals surface area contributed by atoms with Gasteiger partial charge in [0.05, 0.1) is 18.5 Å². The molecule has 0 spiro atoms. The van der Waals surface area contributed by atoms with E-state index in [0.717, 1.165) is 11.5 Å². The number of aryl methyl sites for hydroxylation is 1. The van der Waals surface area contributed by atoms with Crippen molar-refractivity contribution in [3.05, 3.63) is 60.4 Å². The molecule has 0 bridgehead atoms. The van der Waals surface area contributed by atoms with Crippen molar-refractivity contribution in [3.8, 4) is 11.6 Å². The van der Waals surface area contributed by atoms with Crippen molar-refractivity contribution in [2.24, 2.45) is 0 Å². The minimum atomic E-state index is 0.0705. The third-order valence-electron chi connectivity index (χ3n) is 3.83. The second-order valence-corrected chi connectivity index (χ2v) is 6.21. The minimum absolute atomic E-state index is 0.0705. The summed E-state index contributed by atoms with van der Waals surface area (Å²) in [6.45, 7) is 8.01. The SMILES string of the molecule is Cc1nccn1-c1ccc(C(C)Nc2cncc(OC(C)C)n2)cc1. The Morgan fingerprint density at radius 3 is 2.48 bits per heavy atom. The van der Waals surface area contributed by atoms with Crippen molar-refractivity contribution >= 4 is 5.82 Å². The van der Waals surface area contributed by atoms with Gasteiger partial charge in [-0.25, -0.2) is 4.98 Å². The van der Waals surface area contributed by atoms with Gasteiger partial charge in [-0.1, -0.05) is 12.1 Å². The molecule has 1 N–H and O–H groups in total. The predicted octanol–water partition coefficient (Wildman–Crippen LogP) is 3.93. The van der Waals surface area contributed by atoms with Crippen LogP contribution in [0.25, 0.3) is 5.69 Å². The van der Waals surface area contributed by atoms with Gasteiger partial charge in [0.2, 0.25) is 5.88 Å². The Labute approximate surface area is 147 Å². The van der Waals surface area contributed by atoms with E-state index < -0.39 is 0 Å². The molecule has 1 unspecified atom stereocenters. The lowest BCUT2D eigenvalue weighted by atomic mass is 10.1. The van der Waals surface area contributed by atoms with Crippen LogP contribution in [-0.2, 0) is 0 Å². The van der Waals surface area contributed by atoms with Crippen molar-refractivity contribution in [1.29, 1.82) is 0 Å². The van der Waals surface area contributed by atoms with Gasteiger partial charge in [0.1, 0.15) is 11.6 Å². The van der Waals surface area contributed by atoms with Gasteiger partial charge in [-0.05, 0) is 45.4 Å². The van der Waals surface area contributed by atoms with Crippen LogP contribution in [0.2, 0.25) is 0 Å². The average Bonchev–Trinajstić information content (AvgIpc) is 3.01. The van der Waals surface area contributed by atoms with Crippen LogP contribution in [0, 0.1) is 6.92 Å². The molecule has 0 radical (unpaired) electrons. The maximum atomic E-state index is 5.59. The van der Waals surface area contributed by atoms with Gasteiger partial charge in [0.25, 0.3) is 0 Å². The molecule has 0 saturated heterocycles. The largest absolute Gasteiger partial charge is 0.474 e. The van der Waals surface area contributed by atoms with Crippen molar-refractivity contribution < 1.29 is 4.74 Å². The standard InChI is InChI=1S/C19H23N5O/c1-13(2)25-19-12-20-11-18(23-19)22-14(3)16-5-7-17(8-6-16)24-10-9-21-15(24)4/h5-14H,1-4H3,(H,22,23). The molecule has 3 rings (SSSR count). The molecule has 25 heavy (non-hydrogen) atoms. The monoisotopic (exact) mass is 337 g/mol. The summed E-state index contributed by atoms with van der Waals surface area (Å²) in [4.78, 5) is 12.9. The van der Waals surface area contributed by atoms with E-state index in [9.17, 15) is 0 Å². The van der Waals surface area contributed by atoms with Crippen LogP contribution in [0.4, 0.5) is 5.82 Å². The minimum Gasteiger partial charge on any atom is -0.474 e. The molecular formula is C19H23N5O. The average molecular weight is 337 g/mol. The number of imidazole rings is 1. The van der Waals surface area contributed by atoms with Crippen molar-refractivity contribution in [2.45, 2.75) is 39.8 Å². The van der Waals surface area contributed by atoms with E-state index in [0.29, 0.717) is 11.7 Å². The highest BCUT2D eigenvalue weighted by Crippen LogP contribution is 2.21. The van der Waals surface area contributed by atoms with Crippen LogP contribution in [0.3, 0.4) is 0 Å². The number of anilines is 1. The van der Waals surface area contributed by atoms with E-state index in [1.165, 1.54) is 5.56 Å². The van der Waals surface area contributed by atoms with E-state index in [1.54, 1.807) is 18.6 Å². The summed E-state index contributed by atoms with van der Waals surface area (Å²) in [6.07, 6.45) is 7.16. The summed E-state index contributed by atoms with van der Waals surface area (Å²) in [7, 11) is 0. The molecule has 0 aliphatic rings. The first-order valence-electron chi connectivity index (χ1n) is 8.38. The summed E-state index contributed by atoms with van der Waals surface area (Å²) >= 11 is 0. The molecule has 0 fully saturated rings. The quantitative estimate of drug-likeness (QED) is 0.738. The zero-order valence-corrected chi connectivity index (χ0v) is 15.0. The first-order chi connectivity index (χ1) is 12.0. The van der Waals surface area contributed by atoms with Crippen LogP contribution >= 0.6 is 0 Å². The number of nitrogens with one attached hydrogen (secondary N) is 1. The Balaban J connectivity index is 1.71. The summed E-state index contributed by atoms with van der Waals surface area (Å²) < 4.78 is 7.64. The van der Waals surface area contributed by atoms with E-state index in [2.05, 4.69) is 56.0 Å². The summed E-state index contributed by atoms with van der Waals surface area (Å²) in [5, 5.41) is 3.36. The van der Waals surface area contributed by atoms with E-state index in [4.69, 9.17) is 4.74 Å². The van der Waals surface area contributed by atoms with Crippen molar-refractivity contribution in [3.63, 3.8) is 0 Å². The zero-order valence-electron chi connectivity index (χ0n) is 15.0. The summed E-state index contributed by atoms with van der Waals surface area (Å²) in [5.41, 5.74) is 2.26. The molecule has 6 heteroatoms. The lowest BCUT2D eigenvalue weighted by Gasteiger charge is -2.16. The van der Waals surface area contributed by atoms with Gasteiger partial charge in [-0.3, -0.25) is 4.98 Å². The number of ether oxygens (including phenoxy) is 1. The lowest BCUT2D eigenvalue weighted by Crippen LogP contribution is -2.11. The van der Waals surface area contributed by atoms with Gasteiger partial charge in [0.15, 0.2) is 0 Å². The second-order valence-electron chi connectivity index (χ2n) is 6.21. The van der Waals surface area contributed by atoms with Gasteiger partial charge in [-0.2, -0.15) is 4.98 Å². The van der Waals surface area contributed by atoms with E-state index >= 15 is 0 Å². The first kappa shape index (κ1) is 17.0. The highest BCUT2D eigenvalue weighted by atomic mass is 16.5. The number of aromatic nitrogens is 4. The molecule has 2 aromatic heterocycles. The van der Waals surface area contributed by atoms with Gasteiger partial charge >= 0.3 is 0 Å². The number of hydrogen-bond donors (Lipinski definition) is 1. The normalized spacial score (nSPS) is 12.2. The fourth-order valence-corrected chi connectivity index (χ4v) is 2.60. The fraction of sp³-hybridized carbons (Fsp3) is 0.316. The Kier molecular flexibility index (Phi) is 4.97. The fourth-order valence-electron chi connectivity index (χ4n) is 2.60. The topological polar surface area (TPSA) is 64.9 Å². The van der Waals surface area contributed by atoms with Gasteiger partial charge < -0.3 is 14.6 Å². The number of rotatable bonds is 6. The highest BCUT2D eigenvalue weighted by Gasteiger charge is 2.09. The first-order valence-corrected chi connectivity index (χ1v) is 8.38. The number of benzene rings is 1. The molecule has 0 saturated carbocycles. The molecule has 2 heterocycles. The van der Waals surface area contributed by atoms with E-state index in [1.807, 2.05) is 27.0 Å². The molecular weight excluding hydrogens is 314 g/mol. The third kappa shape index (κ3) is 4.15. The Morgan fingerprint density at radius 2 is 1.84 bits per heavy atom. The lowest BCUT2D eigenvalue weighted by molar-refractivity contribution is 0.232. The van der Waals surface area contributed by atoms with E-state index in [-0.39, 0.29) is 12.1 Å². The Bertz CT molecular complexity index is 826. The third-order valence-corrected chi connectivity index (χ3v) is 3.83. The molecule has 6 nitrogen and oxygen atoms in total. The smallest absolute Gasteiger partial charge is 0.234 e.